The normalized spacial score (nSPS) is 10.8. The zero-order valence-electron chi connectivity index (χ0n) is 13.6. The zero-order chi connectivity index (χ0) is 17.8. The van der Waals surface area contributed by atoms with Gasteiger partial charge in [-0.1, -0.05) is 0 Å². The molecule has 0 bridgehead atoms. The number of hydrogen-bond acceptors (Lipinski definition) is 2. The summed E-state index contributed by atoms with van der Waals surface area (Å²) in [5, 5.41) is 0. The molecule has 2 aromatic rings. The molecule has 0 aliphatic heterocycles. The van der Waals surface area contributed by atoms with Crippen molar-refractivity contribution >= 4 is 38.8 Å². The molecule has 0 saturated heterocycles. The third-order valence-corrected chi connectivity index (χ3v) is 3.89. The van der Waals surface area contributed by atoms with E-state index in [4.69, 9.17) is 19.2 Å². The molecular weight excluding hydrogens is 326 g/mol. The predicted molar refractivity (Wildman–Crippen MR) is 90.4 cm³/mol. The minimum atomic E-state index is -4.64. The minimum absolute atomic E-state index is 0.280. The first-order chi connectivity index (χ1) is 10.5. The van der Waals surface area contributed by atoms with Crippen LogP contribution in [0.4, 0.5) is 0 Å². The topological polar surface area (TPSA) is 94.8 Å². The summed E-state index contributed by atoms with van der Waals surface area (Å²) in [7, 11) is -4.64. The number of carbonyl (C=O) groups excluding carboxylic acids is 1. The molecule has 2 aromatic carbocycles. The Morgan fingerprint density at radius 3 is 1.91 bits per heavy atom. The maximum absolute atomic E-state index is 11.8. The molecule has 23 heavy (non-hydrogen) atoms. The Balaban J connectivity index is 0.000000463. The van der Waals surface area contributed by atoms with Gasteiger partial charge < -0.3 is 14.7 Å². The fourth-order valence-electron chi connectivity index (χ4n) is 2.78. The molecule has 0 heterocycles. The molecule has 2 rings (SSSR count). The van der Waals surface area contributed by atoms with Gasteiger partial charge in [-0.2, -0.15) is 0 Å². The Kier molecular flexibility index (Phi) is 7.36. The van der Waals surface area contributed by atoms with Crippen LogP contribution in [0.1, 0.15) is 27.0 Å². The molecular formula is C16H18NaO5P. The van der Waals surface area contributed by atoms with E-state index in [2.05, 4.69) is 32.0 Å². The summed E-state index contributed by atoms with van der Waals surface area (Å²) in [4.78, 5) is 33.4. The Morgan fingerprint density at radius 1 is 1.00 bits per heavy atom. The number of benzene rings is 2. The molecule has 0 amide bonds. The van der Waals surface area contributed by atoms with Gasteiger partial charge in [0, 0.05) is 0 Å². The van der Waals surface area contributed by atoms with Crippen LogP contribution in [-0.4, -0.2) is 45.6 Å². The van der Waals surface area contributed by atoms with E-state index in [0.717, 1.165) is 16.7 Å². The van der Waals surface area contributed by atoms with Gasteiger partial charge in [0.05, 0.1) is 0 Å². The number of hydrogen-bond donors (Lipinski definition) is 3. The average Bonchev–Trinajstić information content (AvgIpc) is 2.36. The second-order valence-electron chi connectivity index (χ2n) is 5.32. The van der Waals surface area contributed by atoms with E-state index in [9.17, 15) is 4.79 Å². The zero-order valence-corrected chi connectivity index (χ0v) is 16.5. The summed E-state index contributed by atoms with van der Waals surface area (Å²) in [5.41, 5.74) is 6.79. The standard InChI is InChI=1S/C16H15O.Na.H3O4P/c1-11-9-12(2)16(13(3)15(11)10-17)14-7-5-4-6-8-14;;1-5(2,3)4/h4-9H,1-3H3;;(H3,1,2,3,4). The molecule has 0 saturated carbocycles. The first kappa shape index (κ1) is 20.3. The van der Waals surface area contributed by atoms with E-state index in [1.165, 1.54) is 16.7 Å². The van der Waals surface area contributed by atoms with Crippen LogP contribution in [0.3, 0.4) is 0 Å². The molecule has 0 atom stereocenters. The summed E-state index contributed by atoms with van der Waals surface area (Å²) in [6, 6.07) is 12.4. The van der Waals surface area contributed by atoms with Crippen LogP contribution in [0.2, 0.25) is 0 Å². The van der Waals surface area contributed by atoms with Crippen LogP contribution in [0.15, 0.2) is 36.4 Å². The molecule has 0 fully saturated rings. The number of rotatable bonds is 2. The SMILES string of the molecule is Cc1cc(C)c(-c2ccccc2)c(C)c1[C](=O)[Na].O=P(O)(O)O. The molecule has 118 valence electrons. The molecule has 0 aromatic heterocycles. The fourth-order valence-corrected chi connectivity index (χ4v) is 3.55. The van der Waals surface area contributed by atoms with Crippen LogP contribution in [0.25, 0.3) is 11.1 Å². The molecule has 7 heteroatoms. The first-order valence-electron chi connectivity index (χ1n) is 6.97. The van der Waals surface area contributed by atoms with E-state index >= 15 is 0 Å². The largest absolute Gasteiger partial charge is 0.466 e. The van der Waals surface area contributed by atoms with Crippen molar-refractivity contribution in [1.29, 1.82) is 0 Å². The number of aryl methyl sites for hydroxylation is 2. The van der Waals surface area contributed by atoms with Crippen molar-refractivity contribution in [1.82, 2.24) is 0 Å². The Morgan fingerprint density at radius 2 is 1.48 bits per heavy atom. The predicted octanol–water partition coefficient (Wildman–Crippen LogP) is 2.66. The van der Waals surface area contributed by atoms with Gasteiger partial charge in [-0.25, -0.2) is 4.57 Å². The quantitative estimate of drug-likeness (QED) is 0.575. The van der Waals surface area contributed by atoms with Crippen molar-refractivity contribution in [2.45, 2.75) is 20.8 Å². The maximum atomic E-state index is 11.8. The summed E-state index contributed by atoms with van der Waals surface area (Å²) < 4.78 is 9.16. The van der Waals surface area contributed by atoms with E-state index in [-0.39, 0.29) is 3.03 Å². The molecule has 0 unspecified atom stereocenters. The summed E-state index contributed by atoms with van der Waals surface area (Å²) >= 11 is 0.573. The Bertz CT molecular complexity index is 745. The Hall–Kier alpha value is -0.780. The third-order valence-electron chi connectivity index (χ3n) is 3.39. The van der Waals surface area contributed by atoms with Gasteiger partial charge in [0.15, 0.2) is 0 Å². The smallest absolute Gasteiger partial charge is 0.303 e. The van der Waals surface area contributed by atoms with E-state index < -0.39 is 7.82 Å². The van der Waals surface area contributed by atoms with Gasteiger partial charge in [-0.3, -0.25) is 0 Å². The summed E-state index contributed by atoms with van der Waals surface area (Å²) in [6.07, 6.45) is 0. The van der Waals surface area contributed by atoms with Crippen molar-refractivity contribution in [3.8, 4) is 11.1 Å². The van der Waals surface area contributed by atoms with Gasteiger partial charge in [0.25, 0.3) is 0 Å². The van der Waals surface area contributed by atoms with Crippen LogP contribution in [-0.2, 0) is 4.57 Å². The number of phosphoric acid groups is 1. The van der Waals surface area contributed by atoms with Gasteiger partial charge in [0.1, 0.15) is 0 Å². The molecule has 0 aliphatic carbocycles. The second-order valence-corrected chi connectivity index (χ2v) is 7.26. The van der Waals surface area contributed by atoms with Crippen LogP contribution < -0.4 is 0 Å². The average molecular weight is 344 g/mol. The van der Waals surface area contributed by atoms with Crippen LogP contribution in [0, 0.1) is 20.8 Å². The maximum Gasteiger partial charge on any atom is 0.466 e. The molecule has 0 aliphatic rings. The minimum Gasteiger partial charge on any atom is -0.303 e. The Labute approximate surface area is 153 Å². The molecule has 3 N–H and O–H groups in total. The van der Waals surface area contributed by atoms with Crippen molar-refractivity contribution in [3.63, 3.8) is 0 Å². The van der Waals surface area contributed by atoms with E-state index in [0.29, 0.717) is 27.9 Å². The van der Waals surface area contributed by atoms with E-state index in [1.807, 2.05) is 25.1 Å². The van der Waals surface area contributed by atoms with Gasteiger partial charge in [-0.15, -0.1) is 0 Å². The monoisotopic (exact) mass is 344 g/mol. The van der Waals surface area contributed by atoms with Crippen molar-refractivity contribution in [2.24, 2.45) is 0 Å². The van der Waals surface area contributed by atoms with Gasteiger partial charge >= 0.3 is 134 Å². The molecule has 0 spiro atoms. The molecule has 5 nitrogen and oxygen atoms in total. The van der Waals surface area contributed by atoms with Gasteiger partial charge in [-0.05, 0) is 0 Å². The van der Waals surface area contributed by atoms with Crippen molar-refractivity contribution in [3.05, 3.63) is 58.7 Å². The third kappa shape index (κ3) is 6.32. The van der Waals surface area contributed by atoms with E-state index in [1.54, 1.807) is 0 Å². The van der Waals surface area contributed by atoms with Gasteiger partial charge in [0.2, 0.25) is 0 Å². The van der Waals surface area contributed by atoms with Crippen LogP contribution in [0.5, 0.6) is 0 Å². The first-order valence-corrected chi connectivity index (χ1v) is 9.54. The van der Waals surface area contributed by atoms with Crippen molar-refractivity contribution in [2.75, 3.05) is 0 Å². The van der Waals surface area contributed by atoms with Crippen molar-refractivity contribution < 1.29 is 24.0 Å². The second kappa shape index (κ2) is 8.36. The summed E-state index contributed by atoms with van der Waals surface area (Å²) in [5.74, 6) is 0. The fraction of sp³-hybridized carbons (Fsp3) is 0.188. The number of carbonyl (C=O) groups is 1. The molecule has 0 radical (unpaired) electrons. The summed E-state index contributed by atoms with van der Waals surface area (Å²) in [6.45, 7) is 6.21. The van der Waals surface area contributed by atoms with Crippen LogP contribution >= 0.6 is 7.82 Å².